The molecule has 31 heavy (non-hydrogen) atoms. The lowest BCUT2D eigenvalue weighted by atomic mass is 10.0. The lowest BCUT2D eigenvalue weighted by Crippen LogP contribution is -2.11. The molecule has 7 nitrogen and oxygen atoms in total. The van der Waals surface area contributed by atoms with Gasteiger partial charge in [-0.05, 0) is 56.2 Å². The smallest absolute Gasteiger partial charge is 0.191 e. The number of benzene rings is 2. The molecule has 0 aliphatic heterocycles. The zero-order valence-corrected chi connectivity index (χ0v) is 19.4. The summed E-state index contributed by atoms with van der Waals surface area (Å²) in [5, 5.41) is 9.17. The third-order valence-corrected chi connectivity index (χ3v) is 5.98. The van der Waals surface area contributed by atoms with Gasteiger partial charge in [-0.1, -0.05) is 17.8 Å². The molecule has 8 heteroatoms. The normalized spacial score (nSPS) is 11.8. The predicted molar refractivity (Wildman–Crippen MR) is 121 cm³/mol. The summed E-state index contributed by atoms with van der Waals surface area (Å²) in [7, 11) is 5.12. The second-order valence-corrected chi connectivity index (χ2v) is 8.13. The van der Waals surface area contributed by atoms with Crippen molar-refractivity contribution in [3.8, 4) is 17.2 Å². The number of Topliss-reactive ketones (excluding diaryl/α,β-unsaturated/α-hetero) is 1. The average molecular weight is 442 g/mol. The third-order valence-electron chi connectivity index (χ3n) is 4.96. The van der Waals surface area contributed by atoms with Crippen LogP contribution in [0.4, 0.5) is 0 Å². The van der Waals surface area contributed by atoms with Crippen LogP contribution in [0.15, 0.2) is 41.6 Å². The standard InChI is InChI=1S/C23H27N3O4S/c1-14-11-21(29-6)15(2)10-19(14)20(27)13-31-23-25-24-22(26(23)4)16(3)30-18-9-7-8-17(12-18)28-5/h7-12,16H,13H2,1-6H3. The third kappa shape index (κ3) is 5.19. The molecule has 1 aromatic heterocycles. The Morgan fingerprint density at radius 2 is 1.81 bits per heavy atom. The Hall–Kier alpha value is -3.00. The van der Waals surface area contributed by atoms with Crippen LogP contribution in [0.25, 0.3) is 0 Å². The van der Waals surface area contributed by atoms with Gasteiger partial charge >= 0.3 is 0 Å². The van der Waals surface area contributed by atoms with E-state index in [1.54, 1.807) is 14.2 Å². The SMILES string of the molecule is COc1cccc(OC(C)c2nnc(SCC(=O)c3cc(C)c(OC)cc3C)n2C)c1. The van der Waals surface area contributed by atoms with Crippen LogP contribution in [0.2, 0.25) is 0 Å². The van der Waals surface area contributed by atoms with Crippen molar-refractivity contribution in [2.45, 2.75) is 32.0 Å². The highest BCUT2D eigenvalue weighted by molar-refractivity contribution is 7.99. The molecule has 1 atom stereocenters. The van der Waals surface area contributed by atoms with Crippen molar-refractivity contribution in [1.82, 2.24) is 14.8 Å². The van der Waals surface area contributed by atoms with E-state index in [-0.39, 0.29) is 17.6 Å². The van der Waals surface area contributed by atoms with E-state index in [0.29, 0.717) is 22.3 Å². The number of carbonyl (C=O) groups excluding carboxylic acids is 1. The molecule has 0 bridgehead atoms. The van der Waals surface area contributed by atoms with E-state index in [4.69, 9.17) is 14.2 Å². The fourth-order valence-corrected chi connectivity index (χ4v) is 4.06. The van der Waals surface area contributed by atoms with E-state index in [1.807, 2.05) is 68.8 Å². The fourth-order valence-electron chi connectivity index (χ4n) is 3.26. The first-order valence-corrected chi connectivity index (χ1v) is 10.8. The molecule has 3 aromatic rings. The van der Waals surface area contributed by atoms with Gasteiger partial charge < -0.3 is 18.8 Å². The van der Waals surface area contributed by atoms with Gasteiger partial charge in [0.05, 0.1) is 20.0 Å². The lowest BCUT2D eigenvalue weighted by molar-refractivity contribution is 0.102. The van der Waals surface area contributed by atoms with Crippen molar-refractivity contribution < 1.29 is 19.0 Å². The summed E-state index contributed by atoms with van der Waals surface area (Å²) in [6.07, 6.45) is -0.318. The number of ketones is 1. The molecule has 0 spiro atoms. The minimum Gasteiger partial charge on any atom is -0.497 e. The number of ether oxygens (including phenoxy) is 3. The summed E-state index contributed by atoms with van der Waals surface area (Å²) >= 11 is 1.36. The zero-order chi connectivity index (χ0) is 22.5. The van der Waals surface area contributed by atoms with Crippen LogP contribution < -0.4 is 14.2 Å². The van der Waals surface area contributed by atoms with Crippen LogP contribution in [0.3, 0.4) is 0 Å². The van der Waals surface area contributed by atoms with E-state index in [0.717, 1.165) is 22.6 Å². The van der Waals surface area contributed by atoms with Gasteiger partial charge in [-0.15, -0.1) is 10.2 Å². The molecule has 0 aliphatic carbocycles. The molecule has 0 radical (unpaired) electrons. The molecule has 2 aromatic carbocycles. The summed E-state index contributed by atoms with van der Waals surface area (Å²) in [5.41, 5.74) is 2.53. The first kappa shape index (κ1) is 22.7. The van der Waals surface area contributed by atoms with Crippen LogP contribution in [-0.2, 0) is 7.05 Å². The predicted octanol–water partition coefficient (Wildman–Crippen LogP) is 4.56. The fraction of sp³-hybridized carbons (Fsp3) is 0.348. The minimum atomic E-state index is -0.318. The number of thioether (sulfide) groups is 1. The number of aryl methyl sites for hydroxylation is 2. The Balaban J connectivity index is 1.67. The van der Waals surface area contributed by atoms with Crippen molar-refractivity contribution in [2.75, 3.05) is 20.0 Å². The summed E-state index contributed by atoms with van der Waals surface area (Å²) < 4.78 is 18.4. The Morgan fingerprint density at radius 1 is 1.06 bits per heavy atom. The van der Waals surface area contributed by atoms with Crippen LogP contribution in [0, 0.1) is 13.8 Å². The van der Waals surface area contributed by atoms with Gasteiger partial charge in [0.1, 0.15) is 17.2 Å². The maximum absolute atomic E-state index is 12.8. The first-order valence-electron chi connectivity index (χ1n) is 9.85. The number of aromatic nitrogens is 3. The van der Waals surface area contributed by atoms with Gasteiger partial charge in [-0.2, -0.15) is 0 Å². The van der Waals surface area contributed by atoms with E-state index in [9.17, 15) is 4.79 Å². The highest BCUT2D eigenvalue weighted by Crippen LogP contribution is 2.27. The second-order valence-electron chi connectivity index (χ2n) is 7.19. The summed E-state index contributed by atoms with van der Waals surface area (Å²) in [5.74, 6) is 3.17. The van der Waals surface area contributed by atoms with Gasteiger partial charge in [0, 0.05) is 18.7 Å². The number of methoxy groups -OCH3 is 2. The molecule has 0 fully saturated rings. The maximum atomic E-state index is 12.8. The van der Waals surface area contributed by atoms with Crippen LogP contribution in [-0.4, -0.2) is 40.5 Å². The molecule has 3 rings (SSSR count). The van der Waals surface area contributed by atoms with Gasteiger partial charge in [0.25, 0.3) is 0 Å². The lowest BCUT2D eigenvalue weighted by Gasteiger charge is -2.15. The Morgan fingerprint density at radius 3 is 2.52 bits per heavy atom. The largest absolute Gasteiger partial charge is 0.497 e. The van der Waals surface area contributed by atoms with E-state index >= 15 is 0 Å². The van der Waals surface area contributed by atoms with Crippen LogP contribution >= 0.6 is 11.8 Å². The van der Waals surface area contributed by atoms with Crippen molar-refractivity contribution in [2.24, 2.45) is 7.05 Å². The molecule has 1 unspecified atom stereocenters. The Bertz CT molecular complexity index is 1080. The van der Waals surface area contributed by atoms with Crippen LogP contribution in [0.1, 0.15) is 40.3 Å². The summed E-state index contributed by atoms with van der Waals surface area (Å²) in [6.45, 7) is 5.76. The molecule has 0 aliphatic rings. The van der Waals surface area contributed by atoms with Crippen molar-refractivity contribution in [1.29, 1.82) is 0 Å². The molecule has 164 valence electrons. The quantitative estimate of drug-likeness (QED) is 0.356. The van der Waals surface area contributed by atoms with Crippen molar-refractivity contribution >= 4 is 17.5 Å². The molecular formula is C23H27N3O4S. The van der Waals surface area contributed by atoms with Crippen LogP contribution in [0.5, 0.6) is 17.2 Å². The second kappa shape index (κ2) is 9.87. The number of nitrogens with zero attached hydrogens (tertiary/aromatic N) is 3. The van der Waals surface area contributed by atoms with E-state index in [2.05, 4.69) is 10.2 Å². The zero-order valence-electron chi connectivity index (χ0n) is 18.6. The highest BCUT2D eigenvalue weighted by atomic mass is 32.2. The average Bonchev–Trinajstić information content (AvgIpc) is 3.13. The van der Waals surface area contributed by atoms with Gasteiger partial charge in [-0.25, -0.2) is 0 Å². The maximum Gasteiger partial charge on any atom is 0.191 e. The molecule has 0 saturated heterocycles. The van der Waals surface area contributed by atoms with Gasteiger partial charge in [0.15, 0.2) is 22.9 Å². The molecule has 0 N–H and O–H groups in total. The summed E-state index contributed by atoms with van der Waals surface area (Å²) in [4.78, 5) is 12.8. The highest BCUT2D eigenvalue weighted by Gasteiger charge is 2.19. The Labute approximate surface area is 186 Å². The molecule has 0 saturated carbocycles. The molecular weight excluding hydrogens is 414 g/mol. The van der Waals surface area contributed by atoms with E-state index in [1.165, 1.54) is 11.8 Å². The van der Waals surface area contributed by atoms with Gasteiger partial charge in [0.2, 0.25) is 0 Å². The number of rotatable bonds is 9. The van der Waals surface area contributed by atoms with Gasteiger partial charge in [-0.3, -0.25) is 4.79 Å². The summed E-state index contributed by atoms with van der Waals surface area (Å²) in [6, 6.07) is 11.2. The van der Waals surface area contributed by atoms with Crippen molar-refractivity contribution in [3.63, 3.8) is 0 Å². The number of hydrogen-bond donors (Lipinski definition) is 0. The first-order chi connectivity index (χ1) is 14.8. The topological polar surface area (TPSA) is 75.5 Å². The van der Waals surface area contributed by atoms with Crippen molar-refractivity contribution in [3.05, 3.63) is 58.9 Å². The van der Waals surface area contributed by atoms with E-state index < -0.39 is 0 Å². The number of carbonyl (C=O) groups is 1. The number of hydrogen-bond acceptors (Lipinski definition) is 7. The molecule has 1 heterocycles. The monoisotopic (exact) mass is 441 g/mol. The molecule has 0 amide bonds. The minimum absolute atomic E-state index is 0.0403. The Kier molecular flexibility index (Phi) is 7.22.